The minimum absolute atomic E-state index is 0.275. The third-order valence-electron chi connectivity index (χ3n) is 4.69. The molecule has 0 aliphatic carbocycles. The summed E-state index contributed by atoms with van der Waals surface area (Å²) < 4.78 is 6.44. The summed E-state index contributed by atoms with van der Waals surface area (Å²) in [5.74, 6) is 0.187. The minimum Gasteiger partial charge on any atom is -0.495 e. The number of halogens is 2. The van der Waals surface area contributed by atoms with E-state index in [1.54, 1.807) is 29.5 Å². The smallest absolute Gasteiger partial charge is 0.248 e. The lowest BCUT2D eigenvalue weighted by Crippen LogP contribution is -2.09. The number of methoxy groups -OCH3 is 1. The number of anilines is 1. The molecule has 0 bridgehead atoms. The molecule has 1 aromatic heterocycles. The number of carbonyl (C=O) groups is 1. The summed E-state index contributed by atoms with van der Waals surface area (Å²) in [7, 11) is 1.52. The van der Waals surface area contributed by atoms with Crippen LogP contribution in [-0.2, 0) is 4.79 Å². The van der Waals surface area contributed by atoms with Crippen molar-refractivity contribution >= 4 is 62.4 Å². The summed E-state index contributed by atoms with van der Waals surface area (Å²) in [6.45, 7) is 1.95. The lowest BCUT2D eigenvalue weighted by molar-refractivity contribution is -0.111. The number of nitrogens with one attached hydrogen (secondary N) is 1. The molecule has 0 spiro atoms. The van der Waals surface area contributed by atoms with E-state index in [9.17, 15) is 4.79 Å². The molecule has 0 radical (unpaired) electrons. The van der Waals surface area contributed by atoms with Crippen LogP contribution in [0.15, 0.2) is 60.7 Å². The Morgan fingerprint density at radius 1 is 1.13 bits per heavy atom. The molecule has 0 saturated heterocycles. The fourth-order valence-corrected chi connectivity index (χ4v) is 4.69. The monoisotopic (exact) mass is 468 g/mol. The number of nitrogens with zero attached hydrogens (tertiary/aromatic N) is 1. The highest BCUT2D eigenvalue weighted by molar-refractivity contribution is 7.21. The lowest BCUT2D eigenvalue weighted by atomic mass is 10.1. The first kappa shape index (κ1) is 21.4. The van der Waals surface area contributed by atoms with Crippen molar-refractivity contribution in [3.05, 3.63) is 81.8 Å². The number of thiazole rings is 1. The van der Waals surface area contributed by atoms with Crippen LogP contribution in [0.1, 0.15) is 11.1 Å². The number of aromatic nitrogens is 1. The maximum atomic E-state index is 12.6. The fraction of sp³-hybridized carbons (Fsp3) is 0.0833. The van der Waals surface area contributed by atoms with Gasteiger partial charge in [0.2, 0.25) is 5.91 Å². The number of para-hydroxylation sites is 1. The van der Waals surface area contributed by atoms with Gasteiger partial charge in [-0.15, -0.1) is 11.3 Å². The molecule has 0 saturated carbocycles. The Morgan fingerprint density at radius 2 is 1.94 bits per heavy atom. The van der Waals surface area contributed by atoms with Crippen molar-refractivity contribution < 1.29 is 9.53 Å². The number of fused-ring (bicyclic) bond motifs is 1. The van der Waals surface area contributed by atoms with Crippen LogP contribution in [-0.4, -0.2) is 18.0 Å². The van der Waals surface area contributed by atoms with Gasteiger partial charge in [-0.3, -0.25) is 4.79 Å². The van der Waals surface area contributed by atoms with E-state index in [-0.39, 0.29) is 5.91 Å². The highest BCUT2D eigenvalue weighted by atomic mass is 35.5. The molecule has 0 aliphatic rings. The van der Waals surface area contributed by atoms with E-state index in [4.69, 9.17) is 32.9 Å². The van der Waals surface area contributed by atoms with Gasteiger partial charge in [-0.05, 0) is 48.9 Å². The van der Waals surface area contributed by atoms with E-state index in [1.807, 2.05) is 43.3 Å². The van der Waals surface area contributed by atoms with Gasteiger partial charge in [0.25, 0.3) is 0 Å². The van der Waals surface area contributed by atoms with Crippen molar-refractivity contribution in [2.24, 2.45) is 0 Å². The number of hydrogen-bond acceptors (Lipinski definition) is 4. The molecular formula is C24H18Cl2N2O2S. The van der Waals surface area contributed by atoms with Gasteiger partial charge in [0.15, 0.2) is 0 Å². The SMILES string of the molecule is COc1c(Cl)cc(Cl)cc1C=CC(=O)Nc1cc(-c2nc3ccccc3s2)ccc1C. The average Bonchev–Trinajstić information content (AvgIpc) is 3.18. The highest BCUT2D eigenvalue weighted by Crippen LogP contribution is 2.34. The van der Waals surface area contributed by atoms with Crippen molar-refractivity contribution in [1.29, 1.82) is 0 Å². The summed E-state index contributed by atoms with van der Waals surface area (Å²) in [6, 6.07) is 17.2. The Balaban J connectivity index is 1.57. The molecule has 7 heteroatoms. The van der Waals surface area contributed by atoms with Crippen LogP contribution in [0.4, 0.5) is 5.69 Å². The molecule has 3 aromatic carbocycles. The molecule has 1 N–H and O–H groups in total. The normalized spacial score (nSPS) is 11.2. The quantitative estimate of drug-likeness (QED) is 0.314. The van der Waals surface area contributed by atoms with Crippen molar-refractivity contribution in [2.75, 3.05) is 12.4 Å². The molecule has 31 heavy (non-hydrogen) atoms. The molecule has 0 fully saturated rings. The molecule has 156 valence electrons. The molecule has 0 unspecified atom stereocenters. The second-order valence-corrected chi connectivity index (χ2v) is 8.72. The van der Waals surface area contributed by atoms with E-state index in [2.05, 4.69) is 11.4 Å². The number of ether oxygens (including phenoxy) is 1. The molecular weight excluding hydrogens is 451 g/mol. The second-order valence-electron chi connectivity index (χ2n) is 6.85. The molecule has 1 amide bonds. The van der Waals surface area contributed by atoms with Crippen LogP contribution >= 0.6 is 34.5 Å². The van der Waals surface area contributed by atoms with Crippen molar-refractivity contribution in [3.63, 3.8) is 0 Å². The lowest BCUT2D eigenvalue weighted by Gasteiger charge is -2.09. The van der Waals surface area contributed by atoms with Crippen LogP contribution in [0.5, 0.6) is 5.75 Å². The number of aryl methyl sites for hydroxylation is 1. The largest absolute Gasteiger partial charge is 0.495 e. The first-order valence-corrected chi connectivity index (χ1v) is 11.0. The van der Waals surface area contributed by atoms with Gasteiger partial charge in [0.05, 0.1) is 22.3 Å². The summed E-state index contributed by atoms with van der Waals surface area (Å²) in [5.41, 5.74) is 4.22. The molecule has 0 aliphatic heterocycles. The number of amides is 1. The summed E-state index contributed by atoms with van der Waals surface area (Å²) >= 11 is 13.8. The Hall–Kier alpha value is -2.86. The third-order valence-corrected chi connectivity index (χ3v) is 6.28. The van der Waals surface area contributed by atoms with Crippen LogP contribution < -0.4 is 10.1 Å². The van der Waals surface area contributed by atoms with Crippen LogP contribution in [0.2, 0.25) is 10.0 Å². The highest BCUT2D eigenvalue weighted by Gasteiger charge is 2.11. The number of hydrogen-bond donors (Lipinski definition) is 1. The van der Waals surface area contributed by atoms with Gasteiger partial charge in [-0.1, -0.05) is 47.5 Å². The van der Waals surface area contributed by atoms with Crippen LogP contribution in [0.3, 0.4) is 0 Å². The molecule has 4 rings (SSSR count). The third kappa shape index (κ3) is 4.74. The first-order valence-electron chi connectivity index (χ1n) is 9.43. The molecule has 0 atom stereocenters. The topological polar surface area (TPSA) is 51.2 Å². The maximum Gasteiger partial charge on any atom is 0.248 e. The van der Waals surface area contributed by atoms with E-state index in [0.717, 1.165) is 32.0 Å². The Morgan fingerprint density at radius 3 is 2.71 bits per heavy atom. The number of carbonyl (C=O) groups excluding carboxylic acids is 1. The van der Waals surface area contributed by atoms with E-state index in [0.29, 0.717) is 21.4 Å². The van der Waals surface area contributed by atoms with Gasteiger partial charge in [-0.2, -0.15) is 0 Å². The van der Waals surface area contributed by atoms with Crippen molar-refractivity contribution in [2.45, 2.75) is 6.92 Å². The summed E-state index contributed by atoms with van der Waals surface area (Å²) in [6.07, 6.45) is 3.05. The molecule has 1 heterocycles. The zero-order valence-corrected chi connectivity index (χ0v) is 19.1. The maximum absolute atomic E-state index is 12.6. The first-order chi connectivity index (χ1) is 14.9. The Bertz CT molecular complexity index is 1280. The van der Waals surface area contributed by atoms with E-state index < -0.39 is 0 Å². The minimum atomic E-state index is -0.275. The number of rotatable bonds is 5. The predicted molar refractivity (Wildman–Crippen MR) is 130 cm³/mol. The second kappa shape index (κ2) is 9.10. The molecule has 4 nitrogen and oxygen atoms in total. The van der Waals surface area contributed by atoms with Crippen molar-refractivity contribution in [1.82, 2.24) is 4.98 Å². The van der Waals surface area contributed by atoms with Gasteiger partial charge in [0, 0.05) is 27.9 Å². The Labute approximate surface area is 194 Å². The standard InChI is InChI=1S/C24H18Cl2N2O2S/c1-14-7-8-16(24-28-19-5-3-4-6-21(19)31-24)12-20(14)27-22(29)10-9-15-11-17(25)13-18(26)23(15)30-2/h3-13H,1-2H3,(H,27,29). The summed E-state index contributed by atoms with van der Waals surface area (Å²) in [5, 5.41) is 4.69. The Kier molecular flexibility index (Phi) is 6.28. The van der Waals surface area contributed by atoms with Crippen LogP contribution in [0, 0.1) is 6.92 Å². The predicted octanol–water partition coefficient (Wildman–Crippen LogP) is 7.24. The van der Waals surface area contributed by atoms with Gasteiger partial charge < -0.3 is 10.1 Å². The summed E-state index contributed by atoms with van der Waals surface area (Å²) in [4.78, 5) is 17.3. The van der Waals surface area contributed by atoms with E-state index >= 15 is 0 Å². The number of benzene rings is 3. The van der Waals surface area contributed by atoms with E-state index in [1.165, 1.54) is 13.2 Å². The average molecular weight is 469 g/mol. The zero-order valence-electron chi connectivity index (χ0n) is 16.8. The van der Waals surface area contributed by atoms with Gasteiger partial charge >= 0.3 is 0 Å². The van der Waals surface area contributed by atoms with Crippen molar-refractivity contribution in [3.8, 4) is 16.3 Å². The van der Waals surface area contributed by atoms with Crippen LogP contribution in [0.25, 0.3) is 26.9 Å². The van der Waals surface area contributed by atoms with Gasteiger partial charge in [0.1, 0.15) is 10.8 Å². The van der Waals surface area contributed by atoms with Gasteiger partial charge in [-0.25, -0.2) is 4.98 Å². The molecule has 4 aromatic rings. The fourth-order valence-electron chi connectivity index (χ4n) is 3.14. The zero-order chi connectivity index (χ0) is 22.0.